The van der Waals surface area contributed by atoms with Crippen LogP contribution in [0.4, 0.5) is 5.69 Å². The molecule has 0 aromatic heterocycles. The lowest BCUT2D eigenvalue weighted by Crippen LogP contribution is -2.29. The van der Waals surface area contributed by atoms with E-state index in [9.17, 15) is 0 Å². The van der Waals surface area contributed by atoms with Crippen molar-refractivity contribution in [3.8, 4) is 0 Å². The standard InChI is InChI=1S/C16H19N3S/c1-11-15(19-9-3-8-18-16(19)20-11)13-5-6-14-12(10-13)4-2-7-17-14/h5-6,10,17H,2-4,7-9H2,1H3. The highest BCUT2D eigenvalue weighted by Crippen LogP contribution is 2.41. The lowest BCUT2D eigenvalue weighted by Gasteiger charge is -2.26. The van der Waals surface area contributed by atoms with Gasteiger partial charge in [0.15, 0.2) is 5.17 Å². The molecule has 4 heteroatoms. The summed E-state index contributed by atoms with van der Waals surface area (Å²) in [5.41, 5.74) is 5.50. The van der Waals surface area contributed by atoms with Gasteiger partial charge in [-0.2, -0.15) is 0 Å². The number of allylic oxidation sites excluding steroid dienone is 1. The molecule has 0 amide bonds. The Kier molecular flexibility index (Phi) is 2.99. The summed E-state index contributed by atoms with van der Waals surface area (Å²) >= 11 is 1.83. The summed E-state index contributed by atoms with van der Waals surface area (Å²) in [6.07, 6.45) is 3.59. The molecule has 104 valence electrons. The molecular formula is C16H19N3S. The average molecular weight is 285 g/mol. The summed E-state index contributed by atoms with van der Waals surface area (Å²) in [7, 11) is 0. The van der Waals surface area contributed by atoms with E-state index in [2.05, 4.69) is 40.3 Å². The number of anilines is 1. The molecule has 0 radical (unpaired) electrons. The maximum Gasteiger partial charge on any atom is 0.168 e. The summed E-state index contributed by atoms with van der Waals surface area (Å²) in [5.74, 6) is 0. The third kappa shape index (κ3) is 1.94. The molecule has 1 aromatic rings. The number of amidine groups is 1. The second-order valence-corrected chi connectivity index (χ2v) is 6.76. The molecule has 0 aliphatic carbocycles. The minimum atomic E-state index is 0.980. The van der Waals surface area contributed by atoms with Gasteiger partial charge in [0, 0.05) is 30.2 Å². The molecule has 0 saturated carbocycles. The second-order valence-electron chi connectivity index (χ2n) is 5.58. The van der Waals surface area contributed by atoms with E-state index in [0.29, 0.717) is 0 Å². The van der Waals surface area contributed by atoms with Crippen LogP contribution in [0.2, 0.25) is 0 Å². The molecule has 3 aliphatic rings. The van der Waals surface area contributed by atoms with Crippen molar-refractivity contribution in [2.24, 2.45) is 4.99 Å². The maximum absolute atomic E-state index is 4.66. The Labute approximate surface area is 124 Å². The second kappa shape index (κ2) is 4.85. The quantitative estimate of drug-likeness (QED) is 0.855. The van der Waals surface area contributed by atoms with Crippen LogP contribution in [0.3, 0.4) is 0 Å². The Balaban J connectivity index is 1.75. The van der Waals surface area contributed by atoms with Crippen LogP contribution in [0, 0.1) is 0 Å². The summed E-state index contributed by atoms with van der Waals surface area (Å²) < 4.78 is 0. The average Bonchev–Trinajstić information content (AvgIpc) is 2.82. The number of hydrogen-bond acceptors (Lipinski definition) is 4. The molecule has 0 saturated heterocycles. The Bertz CT molecular complexity index is 618. The van der Waals surface area contributed by atoms with Gasteiger partial charge in [-0.15, -0.1) is 0 Å². The molecule has 0 spiro atoms. The van der Waals surface area contributed by atoms with Crippen LogP contribution in [0.15, 0.2) is 28.1 Å². The highest BCUT2D eigenvalue weighted by Gasteiger charge is 2.30. The van der Waals surface area contributed by atoms with Crippen LogP contribution in [-0.2, 0) is 6.42 Å². The molecule has 4 rings (SSSR count). The van der Waals surface area contributed by atoms with Crippen molar-refractivity contribution in [3.05, 3.63) is 34.2 Å². The molecule has 1 aromatic carbocycles. The van der Waals surface area contributed by atoms with Crippen molar-refractivity contribution in [2.75, 3.05) is 25.0 Å². The summed E-state index contributed by atoms with van der Waals surface area (Å²) in [4.78, 5) is 8.44. The normalized spacial score (nSPS) is 21.2. The van der Waals surface area contributed by atoms with Gasteiger partial charge in [0.05, 0.1) is 5.70 Å². The molecule has 3 heterocycles. The highest BCUT2D eigenvalue weighted by molar-refractivity contribution is 8.17. The molecule has 20 heavy (non-hydrogen) atoms. The molecule has 0 atom stereocenters. The van der Waals surface area contributed by atoms with Gasteiger partial charge in [-0.1, -0.05) is 17.8 Å². The number of aryl methyl sites for hydroxylation is 1. The third-order valence-corrected chi connectivity index (χ3v) is 5.21. The number of rotatable bonds is 1. The monoisotopic (exact) mass is 285 g/mol. The van der Waals surface area contributed by atoms with Crippen LogP contribution in [0.25, 0.3) is 5.70 Å². The number of nitrogens with zero attached hydrogens (tertiary/aromatic N) is 2. The van der Waals surface area contributed by atoms with E-state index in [1.54, 1.807) is 0 Å². The Morgan fingerprint density at radius 3 is 3.20 bits per heavy atom. The molecule has 3 nitrogen and oxygen atoms in total. The van der Waals surface area contributed by atoms with Crippen molar-refractivity contribution in [1.29, 1.82) is 0 Å². The number of hydrogen-bond donors (Lipinski definition) is 1. The first-order chi connectivity index (χ1) is 9.83. The van der Waals surface area contributed by atoms with E-state index in [1.807, 2.05) is 11.8 Å². The van der Waals surface area contributed by atoms with Crippen molar-refractivity contribution >= 4 is 28.3 Å². The van der Waals surface area contributed by atoms with E-state index in [1.165, 1.54) is 45.4 Å². The molecular weight excluding hydrogens is 266 g/mol. The SMILES string of the molecule is CC1=C(c2ccc3c(c2)CCCN3)N2CCCN=C2S1. The molecule has 0 fully saturated rings. The molecule has 1 N–H and O–H groups in total. The number of benzene rings is 1. The van der Waals surface area contributed by atoms with Crippen LogP contribution in [0.5, 0.6) is 0 Å². The predicted octanol–water partition coefficient (Wildman–Crippen LogP) is 3.54. The van der Waals surface area contributed by atoms with Crippen molar-refractivity contribution < 1.29 is 0 Å². The Hall–Kier alpha value is -1.42. The summed E-state index contributed by atoms with van der Waals surface area (Å²) in [6.45, 7) is 5.41. The van der Waals surface area contributed by atoms with Crippen molar-refractivity contribution in [2.45, 2.75) is 26.2 Å². The van der Waals surface area contributed by atoms with Crippen LogP contribution < -0.4 is 5.32 Å². The van der Waals surface area contributed by atoms with Crippen molar-refractivity contribution in [3.63, 3.8) is 0 Å². The van der Waals surface area contributed by atoms with E-state index in [-0.39, 0.29) is 0 Å². The van der Waals surface area contributed by atoms with E-state index in [0.717, 1.165) is 26.1 Å². The summed E-state index contributed by atoms with van der Waals surface area (Å²) in [6, 6.07) is 6.88. The lowest BCUT2D eigenvalue weighted by atomic mass is 9.99. The Morgan fingerprint density at radius 1 is 1.30 bits per heavy atom. The first-order valence-corrected chi connectivity index (χ1v) is 8.22. The van der Waals surface area contributed by atoms with Gasteiger partial charge in [-0.05, 0) is 49.4 Å². The first-order valence-electron chi connectivity index (χ1n) is 7.41. The number of fused-ring (bicyclic) bond motifs is 2. The van der Waals surface area contributed by atoms with Crippen LogP contribution in [-0.4, -0.2) is 29.7 Å². The fourth-order valence-corrected chi connectivity index (χ4v) is 4.28. The highest BCUT2D eigenvalue weighted by atomic mass is 32.2. The van der Waals surface area contributed by atoms with E-state index in [4.69, 9.17) is 0 Å². The summed E-state index contributed by atoms with van der Waals surface area (Å²) in [5, 5.41) is 4.68. The van der Waals surface area contributed by atoms with Gasteiger partial charge in [0.1, 0.15) is 0 Å². The number of nitrogens with one attached hydrogen (secondary N) is 1. The first kappa shape index (κ1) is 12.3. The topological polar surface area (TPSA) is 27.6 Å². The van der Waals surface area contributed by atoms with Gasteiger partial charge in [0.2, 0.25) is 0 Å². The van der Waals surface area contributed by atoms with E-state index >= 15 is 0 Å². The van der Waals surface area contributed by atoms with Gasteiger partial charge >= 0.3 is 0 Å². The number of thioether (sulfide) groups is 1. The van der Waals surface area contributed by atoms with Gasteiger partial charge < -0.3 is 10.2 Å². The zero-order valence-electron chi connectivity index (χ0n) is 11.8. The smallest absolute Gasteiger partial charge is 0.168 e. The van der Waals surface area contributed by atoms with Crippen LogP contribution >= 0.6 is 11.8 Å². The zero-order chi connectivity index (χ0) is 13.5. The van der Waals surface area contributed by atoms with Crippen molar-refractivity contribution in [1.82, 2.24) is 4.90 Å². The van der Waals surface area contributed by atoms with Gasteiger partial charge in [-0.25, -0.2) is 0 Å². The van der Waals surface area contributed by atoms with Gasteiger partial charge in [-0.3, -0.25) is 4.99 Å². The lowest BCUT2D eigenvalue weighted by molar-refractivity contribution is 0.541. The fraction of sp³-hybridized carbons (Fsp3) is 0.438. The Morgan fingerprint density at radius 2 is 2.25 bits per heavy atom. The van der Waals surface area contributed by atoms with E-state index < -0.39 is 0 Å². The number of aliphatic imine (C=N–C) groups is 1. The molecule has 3 aliphatic heterocycles. The molecule has 0 bridgehead atoms. The largest absolute Gasteiger partial charge is 0.385 e. The minimum absolute atomic E-state index is 0.980. The predicted molar refractivity (Wildman–Crippen MR) is 87.1 cm³/mol. The minimum Gasteiger partial charge on any atom is -0.385 e. The van der Waals surface area contributed by atoms with Gasteiger partial charge in [0.25, 0.3) is 0 Å². The third-order valence-electron chi connectivity index (χ3n) is 4.18. The maximum atomic E-state index is 4.66. The zero-order valence-corrected chi connectivity index (χ0v) is 12.6. The molecule has 0 unspecified atom stereocenters. The fourth-order valence-electron chi connectivity index (χ4n) is 3.24. The van der Waals surface area contributed by atoms with Crippen LogP contribution in [0.1, 0.15) is 30.9 Å².